The Labute approximate surface area is 105 Å². The zero-order valence-electron chi connectivity index (χ0n) is 10.9. The van der Waals surface area contributed by atoms with Gasteiger partial charge in [-0.1, -0.05) is 40.8 Å². The van der Waals surface area contributed by atoms with Crippen molar-refractivity contribution in [2.45, 2.75) is 47.2 Å². The van der Waals surface area contributed by atoms with E-state index in [1.165, 1.54) is 6.42 Å². The molecular formula is C11H29SiTi. The van der Waals surface area contributed by atoms with Gasteiger partial charge in [0.2, 0.25) is 0 Å². The molecule has 0 aliphatic carbocycles. The van der Waals surface area contributed by atoms with Crippen molar-refractivity contribution in [2.75, 3.05) is 0 Å². The fourth-order valence-electron chi connectivity index (χ4n) is 0.943. The first-order valence-corrected chi connectivity index (χ1v) is 6.59. The summed E-state index contributed by atoms with van der Waals surface area (Å²) in [4.78, 5) is 0. The first-order chi connectivity index (χ1) is 4.54. The van der Waals surface area contributed by atoms with E-state index in [1.807, 2.05) is 0 Å². The van der Waals surface area contributed by atoms with Crippen molar-refractivity contribution in [3.63, 3.8) is 0 Å². The third-order valence-corrected chi connectivity index (χ3v) is 0.943. The first kappa shape index (κ1) is 29.2. The summed E-state index contributed by atoms with van der Waals surface area (Å²) >= 11 is 0. The number of rotatable bonds is 2. The van der Waals surface area contributed by atoms with Crippen LogP contribution >= 0.6 is 0 Å². The predicted octanol–water partition coefficient (Wildman–Crippen LogP) is 4.11. The van der Waals surface area contributed by atoms with Gasteiger partial charge in [-0.05, 0) is 18.3 Å². The Kier molecular flexibility index (Phi) is 51.8. The maximum Gasteiger partial charge on any atom is 2.00 e. The molecule has 0 bridgehead atoms. The molecule has 0 N–H and O–H groups in total. The molecule has 0 nitrogen and oxygen atoms in total. The molecule has 0 unspecified atom stereocenters. The van der Waals surface area contributed by atoms with Crippen LogP contribution in [0.15, 0.2) is 0 Å². The summed E-state index contributed by atoms with van der Waals surface area (Å²) in [5.74, 6) is 1.75. The van der Waals surface area contributed by atoms with Gasteiger partial charge in [-0.15, -0.1) is 0 Å². The molecule has 0 aromatic heterocycles. The Morgan fingerprint density at radius 1 is 0.846 bits per heavy atom. The van der Waals surface area contributed by atoms with Crippen molar-refractivity contribution < 1.29 is 21.7 Å². The first-order valence-electron chi connectivity index (χ1n) is 4.28. The molecule has 0 heterocycles. The number of hydrogen-bond acceptors (Lipinski definition) is 0. The maximum atomic E-state index is 2.26. The summed E-state index contributed by atoms with van der Waals surface area (Å²) in [6.07, 6.45) is 1.36. The van der Waals surface area contributed by atoms with Gasteiger partial charge in [-0.25, -0.2) is 0 Å². The molecule has 0 rings (SSSR count). The summed E-state index contributed by atoms with van der Waals surface area (Å²) in [5.41, 5.74) is 0. The molecular weight excluding hydrogens is 208 g/mol. The van der Waals surface area contributed by atoms with Crippen LogP contribution in [-0.4, -0.2) is 9.52 Å². The van der Waals surface area contributed by atoms with Crippen LogP contribution in [0.4, 0.5) is 0 Å². The Morgan fingerprint density at radius 3 is 1.00 bits per heavy atom. The molecule has 0 saturated heterocycles. The van der Waals surface area contributed by atoms with Gasteiger partial charge in [0.15, 0.2) is 0 Å². The van der Waals surface area contributed by atoms with E-state index in [2.05, 4.69) is 40.8 Å². The minimum Gasteiger partial charge on any atom is -0.358 e. The number of hydrogen-bond donors (Lipinski definition) is 0. The van der Waals surface area contributed by atoms with Crippen molar-refractivity contribution in [2.24, 2.45) is 11.8 Å². The molecule has 0 aromatic rings. The molecule has 2 heteroatoms. The summed E-state index contributed by atoms with van der Waals surface area (Å²) in [6, 6.07) is 0. The zero-order valence-corrected chi connectivity index (χ0v) is 13.7. The average Bonchev–Trinajstić information content (AvgIpc) is 1.62. The summed E-state index contributed by atoms with van der Waals surface area (Å²) < 4.78 is 0. The van der Waals surface area contributed by atoms with Crippen molar-refractivity contribution in [3.05, 3.63) is 14.9 Å². The van der Waals surface area contributed by atoms with Gasteiger partial charge in [-0.2, -0.15) is 0 Å². The maximum absolute atomic E-state index is 2.26. The van der Waals surface area contributed by atoms with Crippen molar-refractivity contribution in [1.29, 1.82) is 0 Å². The van der Waals surface area contributed by atoms with Gasteiger partial charge >= 0.3 is 21.7 Å². The van der Waals surface area contributed by atoms with Crippen molar-refractivity contribution >= 4 is 9.52 Å². The molecule has 0 aliphatic heterocycles. The van der Waals surface area contributed by atoms with Gasteiger partial charge < -0.3 is 14.9 Å². The van der Waals surface area contributed by atoms with E-state index in [1.54, 1.807) is 0 Å². The topological polar surface area (TPSA) is 0 Å². The quantitative estimate of drug-likeness (QED) is 0.501. The van der Waals surface area contributed by atoms with E-state index in [9.17, 15) is 0 Å². The van der Waals surface area contributed by atoms with E-state index in [0.717, 1.165) is 21.4 Å². The van der Waals surface area contributed by atoms with E-state index >= 15 is 0 Å². The van der Waals surface area contributed by atoms with Crippen LogP contribution in [0, 0.1) is 26.7 Å². The van der Waals surface area contributed by atoms with Gasteiger partial charge in [-0.3, -0.25) is 0 Å². The molecule has 13 heavy (non-hydrogen) atoms. The Hall–Kier alpha value is 0.931. The van der Waals surface area contributed by atoms with Gasteiger partial charge in [0.25, 0.3) is 0 Å². The molecule has 0 saturated carbocycles. The monoisotopic (exact) mass is 237 g/mol. The summed E-state index contributed by atoms with van der Waals surface area (Å²) in [6.45, 7) is 13.5. The van der Waals surface area contributed by atoms with Gasteiger partial charge in [0.1, 0.15) is 0 Å². The Morgan fingerprint density at radius 2 is 1.00 bits per heavy atom. The standard InChI is InChI=1S/C7H16.C2H7Si.2CH3.Ti/c1-6(2)5-7(3)4;1-3-2;;;/h6-7H,5H2,1-4H3;3H,1-2H3;2*1H3;/q;;2*-1;+2. The second kappa shape index (κ2) is 23.1. The molecule has 0 amide bonds. The van der Waals surface area contributed by atoms with Crippen molar-refractivity contribution in [1.82, 2.24) is 0 Å². The van der Waals surface area contributed by atoms with Crippen LogP contribution in [0.1, 0.15) is 34.1 Å². The van der Waals surface area contributed by atoms with Crippen LogP contribution in [0.2, 0.25) is 13.1 Å². The SMILES string of the molecule is CC(C)CC(C)C.C[SiH]C.[CH3-].[CH3-].[Ti+2]. The molecule has 0 atom stereocenters. The fourth-order valence-corrected chi connectivity index (χ4v) is 0.943. The van der Waals surface area contributed by atoms with Gasteiger partial charge in [0, 0.05) is 9.52 Å². The van der Waals surface area contributed by atoms with E-state index in [-0.39, 0.29) is 36.6 Å². The Bertz CT molecular complexity index is 48.1. The van der Waals surface area contributed by atoms with Crippen LogP contribution in [0.5, 0.6) is 0 Å². The fraction of sp³-hybridized carbons (Fsp3) is 0.818. The van der Waals surface area contributed by atoms with E-state index < -0.39 is 0 Å². The Balaban J connectivity index is -0.0000000320. The second-order valence-electron chi connectivity index (χ2n) is 3.60. The van der Waals surface area contributed by atoms with Crippen LogP contribution in [0.25, 0.3) is 0 Å². The smallest absolute Gasteiger partial charge is 0.358 e. The third-order valence-electron chi connectivity index (χ3n) is 0.943. The van der Waals surface area contributed by atoms with Gasteiger partial charge in [0.05, 0.1) is 0 Å². The van der Waals surface area contributed by atoms with Crippen molar-refractivity contribution in [3.8, 4) is 0 Å². The van der Waals surface area contributed by atoms with Crippen LogP contribution in [0.3, 0.4) is 0 Å². The minimum absolute atomic E-state index is 0. The van der Waals surface area contributed by atoms with Crippen LogP contribution in [-0.2, 0) is 21.7 Å². The average molecular weight is 237 g/mol. The molecule has 0 aromatic carbocycles. The second-order valence-corrected chi connectivity index (χ2v) is 4.76. The van der Waals surface area contributed by atoms with E-state index in [0.29, 0.717) is 0 Å². The third kappa shape index (κ3) is 63.5. The normalized spacial score (nSPS) is 7.38. The molecule has 0 spiro atoms. The molecule has 1 radical (unpaired) electrons. The zero-order chi connectivity index (χ0) is 8.57. The largest absolute Gasteiger partial charge is 2.00 e. The molecule has 81 valence electrons. The predicted molar refractivity (Wildman–Crippen MR) is 66.0 cm³/mol. The summed E-state index contributed by atoms with van der Waals surface area (Å²) in [7, 11) is 0.750. The van der Waals surface area contributed by atoms with E-state index in [4.69, 9.17) is 0 Å². The molecule has 0 aliphatic rings. The summed E-state index contributed by atoms with van der Waals surface area (Å²) in [5, 5.41) is 0. The molecule has 0 fully saturated rings. The van der Waals surface area contributed by atoms with Crippen LogP contribution < -0.4 is 0 Å². The minimum atomic E-state index is 0.